The molecule has 0 unspecified atom stereocenters. The van der Waals surface area contributed by atoms with Crippen molar-refractivity contribution in [2.45, 2.75) is 37.8 Å². The molecule has 2 aromatic rings. The second-order valence-corrected chi connectivity index (χ2v) is 6.49. The van der Waals surface area contributed by atoms with Crippen LogP contribution in [0.2, 0.25) is 5.02 Å². The van der Waals surface area contributed by atoms with Gasteiger partial charge in [0.15, 0.2) is 0 Å². The van der Waals surface area contributed by atoms with Gasteiger partial charge in [0.1, 0.15) is 0 Å². The minimum absolute atomic E-state index is 0.0223. The molecule has 1 saturated carbocycles. The first-order chi connectivity index (χ1) is 11.2. The van der Waals surface area contributed by atoms with Crippen molar-refractivity contribution in [3.05, 3.63) is 70.2 Å². The van der Waals surface area contributed by atoms with Gasteiger partial charge in [0.25, 0.3) is 0 Å². The van der Waals surface area contributed by atoms with Crippen LogP contribution in [0, 0.1) is 0 Å². The van der Waals surface area contributed by atoms with E-state index in [1.807, 2.05) is 48.5 Å². The molecule has 1 amide bonds. The molecule has 0 bridgehead atoms. The molecule has 1 aliphatic rings. The Balaban J connectivity index is 1.76. The molecule has 4 heteroatoms. The van der Waals surface area contributed by atoms with Gasteiger partial charge in [-0.1, -0.05) is 54.4 Å². The number of hydrogen-bond donors (Lipinski definition) is 2. The average molecular weight is 330 g/mol. The summed E-state index contributed by atoms with van der Waals surface area (Å²) in [7, 11) is 0. The number of carbonyl (C=O) groups is 1. The Bertz CT molecular complexity index is 710. The molecule has 3 nitrogen and oxygen atoms in total. The summed E-state index contributed by atoms with van der Waals surface area (Å²) >= 11 is 6.09. The lowest BCUT2D eigenvalue weighted by molar-refractivity contribution is -0.130. The minimum atomic E-state index is -0.459. The van der Waals surface area contributed by atoms with E-state index in [1.165, 1.54) is 0 Å². The molecule has 23 heavy (non-hydrogen) atoms. The van der Waals surface area contributed by atoms with Crippen LogP contribution in [-0.4, -0.2) is 11.0 Å². The van der Waals surface area contributed by atoms with Crippen LogP contribution in [0.25, 0.3) is 0 Å². The van der Waals surface area contributed by atoms with Crippen molar-refractivity contribution in [3.63, 3.8) is 0 Å². The fourth-order valence-corrected chi connectivity index (χ4v) is 3.38. The molecular weight excluding hydrogens is 310 g/mol. The number of amides is 1. The Kier molecular flexibility index (Phi) is 4.69. The number of nitrogens with one attached hydrogen (secondary N) is 1. The zero-order valence-corrected chi connectivity index (χ0v) is 13.6. The first-order valence-corrected chi connectivity index (χ1v) is 8.25. The Labute approximate surface area is 141 Å². The summed E-state index contributed by atoms with van der Waals surface area (Å²) in [6, 6.07) is 15.2. The number of benzene rings is 2. The van der Waals surface area contributed by atoms with Crippen molar-refractivity contribution in [2.75, 3.05) is 0 Å². The summed E-state index contributed by atoms with van der Waals surface area (Å²) in [5, 5.41) is 13.1. The normalized spacial score (nSPS) is 15.7. The van der Waals surface area contributed by atoms with E-state index in [1.54, 1.807) is 0 Å². The number of rotatable bonds is 5. The summed E-state index contributed by atoms with van der Waals surface area (Å²) in [5.74, 6) is 0.0405. The second-order valence-electron chi connectivity index (χ2n) is 6.06. The molecule has 0 aliphatic heterocycles. The smallest absolute Gasteiger partial charge is 0.230 e. The van der Waals surface area contributed by atoms with Crippen LogP contribution >= 0.6 is 11.6 Å². The largest absolute Gasteiger partial charge is 0.392 e. The molecule has 1 fully saturated rings. The second kappa shape index (κ2) is 6.73. The van der Waals surface area contributed by atoms with Crippen LogP contribution in [0.15, 0.2) is 48.5 Å². The van der Waals surface area contributed by atoms with Crippen LogP contribution in [0.1, 0.15) is 36.0 Å². The predicted molar refractivity (Wildman–Crippen MR) is 91.2 cm³/mol. The third kappa shape index (κ3) is 3.12. The Morgan fingerprint density at radius 2 is 1.87 bits per heavy atom. The van der Waals surface area contributed by atoms with Crippen molar-refractivity contribution in [2.24, 2.45) is 0 Å². The van der Waals surface area contributed by atoms with E-state index in [-0.39, 0.29) is 12.5 Å². The molecule has 0 spiro atoms. The maximum atomic E-state index is 12.8. The average Bonchev–Trinajstić information content (AvgIpc) is 2.52. The maximum Gasteiger partial charge on any atom is 0.230 e. The summed E-state index contributed by atoms with van der Waals surface area (Å²) < 4.78 is 0. The van der Waals surface area contributed by atoms with Gasteiger partial charge < -0.3 is 10.4 Å². The van der Waals surface area contributed by atoms with Crippen molar-refractivity contribution in [1.82, 2.24) is 5.32 Å². The molecule has 1 aliphatic carbocycles. The Morgan fingerprint density at radius 1 is 1.13 bits per heavy atom. The fourth-order valence-electron chi connectivity index (χ4n) is 3.19. The van der Waals surface area contributed by atoms with Gasteiger partial charge in [-0.3, -0.25) is 4.79 Å². The topological polar surface area (TPSA) is 49.3 Å². The molecule has 0 atom stereocenters. The third-order valence-corrected chi connectivity index (χ3v) is 4.98. The van der Waals surface area contributed by atoms with Gasteiger partial charge in [0.05, 0.1) is 12.0 Å². The molecule has 0 heterocycles. The zero-order chi connectivity index (χ0) is 16.3. The van der Waals surface area contributed by atoms with Gasteiger partial charge in [-0.15, -0.1) is 0 Å². The molecule has 0 aromatic heterocycles. The number of aliphatic hydroxyl groups excluding tert-OH is 1. The molecule has 120 valence electrons. The quantitative estimate of drug-likeness (QED) is 0.881. The van der Waals surface area contributed by atoms with Gasteiger partial charge in [-0.05, 0) is 41.7 Å². The van der Waals surface area contributed by atoms with Crippen LogP contribution in [-0.2, 0) is 23.4 Å². The molecule has 0 saturated heterocycles. The highest BCUT2D eigenvalue weighted by atomic mass is 35.5. The standard InChI is InChI=1S/C19H20ClNO2/c20-17-8-3-7-16(11-17)19(9-4-10-19)18(23)21-12-14-5-1-2-6-15(14)13-22/h1-3,5-8,11,22H,4,9-10,12-13H2,(H,21,23). The molecular formula is C19H20ClNO2. The molecule has 3 rings (SSSR count). The van der Waals surface area contributed by atoms with Gasteiger partial charge >= 0.3 is 0 Å². The summed E-state index contributed by atoms with van der Waals surface area (Å²) in [5.41, 5.74) is 2.32. The SMILES string of the molecule is O=C(NCc1ccccc1CO)C1(c2cccc(Cl)c2)CCC1. The van der Waals surface area contributed by atoms with Gasteiger partial charge in [-0.25, -0.2) is 0 Å². The molecule has 2 N–H and O–H groups in total. The van der Waals surface area contributed by atoms with Gasteiger partial charge in [-0.2, -0.15) is 0 Å². The van der Waals surface area contributed by atoms with Crippen LogP contribution in [0.4, 0.5) is 0 Å². The predicted octanol–water partition coefficient (Wildman–Crippen LogP) is 3.57. The monoisotopic (exact) mass is 329 g/mol. The lowest BCUT2D eigenvalue weighted by Gasteiger charge is -2.40. The third-order valence-electron chi connectivity index (χ3n) is 4.75. The van der Waals surface area contributed by atoms with Crippen LogP contribution < -0.4 is 5.32 Å². The zero-order valence-electron chi connectivity index (χ0n) is 12.9. The van der Waals surface area contributed by atoms with Crippen molar-refractivity contribution < 1.29 is 9.90 Å². The number of carbonyl (C=O) groups excluding carboxylic acids is 1. The number of halogens is 1. The highest BCUT2D eigenvalue weighted by molar-refractivity contribution is 6.30. The van der Waals surface area contributed by atoms with E-state index in [0.717, 1.165) is 36.0 Å². The van der Waals surface area contributed by atoms with Gasteiger partial charge in [0.2, 0.25) is 5.91 Å². The summed E-state index contributed by atoms with van der Waals surface area (Å²) in [6.45, 7) is 0.406. The van der Waals surface area contributed by atoms with E-state index in [0.29, 0.717) is 11.6 Å². The van der Waals surface area contributed by atoms with Gasteiger partial charge in [0, 0.05) is 11.6 Å². The van der Waals surface area contributed by atoms with E-state index in [2.05, 4.69) is 5.32 Å². The van der Waals surface area contributed by atoms with Crippen LogP contribution in [0.5, 0.6) is 0 Å². The van der Waals surface area contributed by atoms with E-state index < -0.39 is 5.41 Å². The first kappa shape index (κ1) is 16.0. The Morgan fingerprint density at radius 3 is 2.48 bits per heavy atom. The molecule has 0 radical (unpaired) electrons. The lowest BCUT2D eigenvalue weighted by atomic mass is 9.64. The lowest BCUT2D eigenvalue weighted by Crippen LogP contribution is -2.49. The number of hydrogen-bond acceptors (Lipinski definition) is 2. The summed E-state index contributed by atoms with van der Waals surface area (Å²) in [6.07, 6.45) is 2.74. The van der Waals surface area contributed by atoms with Crippen molar-refractivity contribution >= 4 is 17.5 Å². The fraction of sp³-hybridized carbons (Fsp3) is 0.316. The first-order valence-electron chi connectivity index (χ1n) is 7.88. The van der Waals surface area contributed by atoms with E-state index >= 15 is 0 Å². The van der Waals surface area contributed by atoms with E-state index in [4.69, 9.17) is 11.6 Å². The number of aliphatic hydroxyl groups is 1. The maximum absolute atomic E-state index is 12.8. The highest BCUT2D eigenvalue weighted by Crippen LogP contribution is 2.44. The Hall–Kier alpha value is -1.84. The minimum Gasteiger partial charge on any atom is -0.392 e. The molecule has 2 aromatic carbocycles. The highest BCUT2D eigenvalue weighted by Gasteiger charge is 2.45. The van der Waals surface area contributed by atoms with Crippen molar-refractivity contribution in [1.29, 1.82) is 0 Å². The van der Waals surface area contributed by atoms with E-state index in [9.17, 15) is 9.90 Å². The van der Waals surface area contributed by atoms with Crippen molar-refractivity contribution in [3.8, 4) is 0 Å². The van der Waals surface area contributed by atoms with Crippen LogP contribution in [0.3, 0.4) is 0 Å². The summed E-state index contributed by atoms with van der Waals surface area (Å²) in [4.78, 5) is 12.8.